The first kappa shape index (κ1) is 24.5. The Kier molecular flexibility index (Phi) is 7.86. The molecule has 184 valence electrons. The predicted octanol–water partition coefficient (Wildman–Crippen LogP) is 3.53. The lowest BCUT2D eigenvalue weighted by Gasteiger charge is -2.26. The first-order chi connectivity index (χ1) is 17.0. The molecule has 1 fully saturated rings. The van der Waals surface area contributed by atoms with E-state index in [2.05, 4.69) is 5.32 Å². The third-order valence-corrected chi connectivity index (χ3v) is 7.11. The van der Waals surface area contributed by atoms with Crippen LogP contribution in [0.25, 0.3) is 0 Å². The van der Waals surface area contributed by atoms with E-state index in [-0.39, 0.29) is 30.3 Å². The van der Waals surface area contributed by atoms with Crippen molar-refractivity contribution in [1.29, 1.82) is 0 Å². The van der Waals surface area contributed by atoms with Crippen molar-refractivity contribution in [1.82, 2.24) is 4.31 Å². The zero-order valence-electron chi connectivity index (χ0n) is 19.2. The van der Waals surface area contributed by atoms with Gasteiger partial charge in [-0.25, -0.2) is 8.42 Å². The average Bonchev–Trinajstić information content (AvgIpc) is 2.89. The van der Waals surface area contributed by atoms with Gasteiger partial charge in [0.05, 0.1) is 20.3 Å². The van der Waals surface area contributed by atoms with Crippen LogP contribution in [-0.2, 0) is 19.6 Å². The molecule has 1 aliphatic heterocycles. The number of anilines is 1. The largest absolute Gasteiger partial charge is 0.495 e. The maximum absolute atomic E-state index is 13.1. The van der Waals surface area contributed by atoms with Gasteiger partial charge in [0, 0.05) is 24.8 Å². The van der Waals surface area contributed by atoms with Gasteiger partial charge < -0.3 is 24.3 Å². The molecule has 0 aromatic heterocycles. The van der Waals surface area contributed by atoms with Crippen LogP contribution in [0.2, 0.25) is 0 Å². The molecule has 10 heteroatoms. The van der Waals surface area contributed by atoms with Crippen LogP contribution in [0.3, 0.4) is 0 Å². The summed E-state index contributed by atoms with van der Waals surface area (Å²) in [6.45, 7) is 0.887. The van der Waals surface area contributed by atoms with Crippen molar-refractivity contribution in [3.63, 3.8) is 0 Å². The number of rotatable bonds is 9. The van der Waals surface area contributed by atoms with Crippen molar-refractivity contribution >= 4 is 21.6 Å². The zero-order valence-corrected chi connectivity index (χ0v) is 20.0. The number of para-hydroxylation sites is 1. The number of ether oxygens (including phenoxy) is 4. The summed E-state index contributed by atoms with van der Waals surface area (Å²) < 4.78 is 49.5. The van der Waals surface area contributed by atoms with E-state index in [1.807, 2.05) is 30.3 Å². The summed E-state index contributed by atoms with van der Waals surface area (Å²) in [4.78, 5) is 12.5. The molecule has 1 heterocycles. The molecule has 0 atom stereocenters. The molecule has 0 bridgehead atoms. The topological polar surface area (TPSA) is 103 Å². The van der Waals surface area contributed by atoms with Crippen molar-refractivity contribution in [3.05, 3.63) is 72.8 Å². The van der Waals surface area contributed by atoms with E-state index >= 15 is 0 Å². The summed E-state index contributed by atoms with van der Waals surface area (Å²) in [6, 6.07) is 20.7. The van der Waals surface area contributed by atoms with Crippen LogP contribution < -0.4 is 19.5 Å². The fourth-order valence-corrected chi connectivity index (χ4v) is 5.07. The zero-order chi connectivity index (χ0) is 24.7. The normalized spacial score (nSPS) is 14.2. The number of hydrogen-bond donors (Lipinski definition) is 1. The minimum Gasteiger partial charge on any atom is -0.495 e. The molecule has 1 saturated heterocycles. The summed E-state index contributed by atoms with van der Waals surface area (Å²) in [5, 5.41) is 2.67. The fourth-order valence-electron chi connectivity index (χ4n) is 3.48. The highest BCUT2D eigenvalue weighted by atomic mass is 32.2. The number of carbonyl (C=O) groups excluding carboxylic acids is 1. The Hall–Kier alpha value is -3.60. The summed E-state index contributed by atoms with van der Waals surface area (Å²) in [5.41, 5.74) is 0.312. The van der Waals surface area contributed by atoms with Crippen LogP contribution in [0.15, 0.2) is 77.7 Å². The molecule has 1 amide bonds. The monoisotopic (exact) mass is 498 g/mol. The highest BCUT2D eigenvalue weighted by Crippen LogP contribution is 2.30. The molecule has 9 nitrogen and oxygen atoms in total. The number of morpholine rings is 1. The van der Waals surface area contributed by atoms with E-state index < -0.39 is 15.9 Å². The van der Waals surface area contributed by atoms with E-state index in [1.165, 1.54) is 23.5 Å². The summed E-state index contributed by atoms with van der Waals surface area (Å²) in [6.07, 6.45) is 0. The highest BCUT2D eigenvalue weighted by Gasteiger charge is 2.29. The maximum atomic E-state index is 13.1. The Balaban J connectivity index is 1.40. The lowest BCUT2D eigenvalue weighted by molar-refractivity contribution is -0.118. The molecule has 3 aromatic rings. The van der Waals surface area contributed by atoms with Crippen LogP contribution in [0, 0.1) is 0 Å². The number of sulfonamides is 1. The van der Waals surface area contributed by atoms with Gasteiger partial charge in [-0.05, 0) is 42.5 Å². The van der Waals surface area contributed by atoms with Crippen LogP contribution >= 0.6 is 0 Å². The quantitative estimate of drug-likeness (QED) is 0.481. The Morgan fingerprint density at radius 2 is 1.66 bits per heavy atom. The molecular weight excluding hydrogens is 472 g/mol. The molecule has 1 aliphatic rings. The van der Waals surface area contributed by atoms with Gasteiger partial charge in [-0.15, -0.1) is 0 Å². The number of methoxy groups -OCH3 is 1. The summed E-state index contributed by atoms with van der Waals surface area (Å²) in [5.74, 6) is 1.46. The van der Waals surface area contributed by atoms with Crippen molar-refractivity contribution in [2.75, 3.05) is 45.3 Å². The first-order valence-electron chi connectivity index (χ1n) is 11.0. The van der Waals surface area contributed by atoms with E-state index in [1.54, 1.807) is 30.3 Å². The Bertz CT molecular complexity index is 1260. The number of amides is 1. The van der Waals surface area contributed by atoms with Gasteiger partial charge in [0.1, 0.15) is 27.9 Å². The molecule has 3 aromatic carbocycles. The molecule has 0 aliphatic carbocycles. The second kappa shape index (κ2) is 11.2. The standard InChI is InChI=1S/C25H26N2O7S/c1-31-23-11-10-19(16-24(23)35(29,30)27-12-14-32-15-13-27)26-25(28)18-33-21-8-5-9-22(17-21)34-20-6-3-2-4-7-20/h2-11,16-17H,12-15,18H2,1H3,(H,26,28). The van der Waals surface area contributed by atoms with Gasteiger partial charge in [0.15, 0.2) is 6.61 Å². The van der Waals surface area contributed by atoms with Gasteiger partial charge in [-0.1, -0.05) is 24.3 Å². The second-order valence-electron chi connectivity index (χ2n) is 7.61. The van der Waals surface area contributed by atoms with Crippen molar-refractivity contribution in [2.24, 2.45) is 0 Å². The third kappa shape index (κ3) is 6.30. The van der Waals surface area contributed by atoms with Crippen molar-refractivity contribution in [2.45, 2.75) is 4.90 Å². The molecule has 1 N–H and O–H groups in total. The SMILES string of the molecule is COc1ccc(NC(=O)COc2cccc(Oc3ccccc3)c2)cc1S(=O)(=O)N1CCOCC1. The summed E-state index contributed by atoms with van der Waals surface area (Å²) >= 11 is 0. The molecule has 4 rings (SSSR count). The number of hydrogen-bond acceptors (Lipinski definition) is 7. The van der Waals surface area contributed by atoms with Gasteiger partial charge in [-0.3, -0.25) is 4.79 Å². The number of nitrogens with zero attached hydrogens (tertiary/aromatic N) is 1. The molecular formula is C25H26N2O7S. The number of benzene rings is 3. The maximum Gasteiger partial charge on any atom is 0.262 e. The van der Waals surface area contributed by atoms with E-state index in [9.17, 15) is 13.2 Å². The lowest BCUT2D eigenvalue weighted by Crippen LogP contribution is -2.40. The van der Waals surface area contributed by atoms with Crippen molar-refractivity contribution in [3.8, 4) is 23.0 Å². The van der Waals surface area contributed by atoms with E-state index in [0.29, 0.717) is 36.1 Å². The smallest absolute Gasteiger partial charge is 0.262 e. The van der Waals surface area contributed by atoms with Crippen LogP contribution in [0.5, 0.6) is 23.0 Å². The predicted molar refractivity (Wildman–Crippen MR) is 130 cm³/mol. The number of nitrogens with one attached hydrogen (secondary N) is 1. The average molecular weight is 499 g/mol. The fraction of sp³-hybridized carbons (Fsp3) is 0.240. The van der Waals surface area contributed by atoms with E-state index in [4.69, 9.17) is 18.9 Å². The third-order valence-electron chi connectivity index (χ3n) is 5.19. The van der Waals surface area contributed by atoms with Gasteiger partial charge in [0.2, 0.25) is 10.0 Å². The highest BCUT2D eigenvalue weighted by molar-refractivity contribution is 7.89. The molecule has 0 radical (unpaired) electrons. The van der Waals surface area contributed by atoms with Crippen LogP contribution in [-0.4, -0.2) is 58.7 Å². The van der Waals surface area contributed by atoms with Crippen LogP contribution in [0.1, 0.15) is 0 Å². The minimum atomic E-state index is -3.82. The van der Waals surface area contributed by atoms with E-state index in [0.717, 1.165) is 0 Å². The lowest BCUT2D eigenvalue weighted by atomic mass is 10.3. The molecule has 35 heavy (non-hydrogen) atoms. The molecule has 0 saturated carbocycles. The van der Waals surface area contributed by atoms with Gasteiger partial charge >= 0.3 is 0 Å². The van der Waals surface area contributed by atoms with Gasteiger partial charge in [0.25, 0.3) is 5.91 Å². The Labute approximate surface area is 204 Å². The Morgan fingerprint density at radius 3 is 2.40 bits per heavy atom. The van der Waals surface area contributed by atoms with Crippen LogP contribution in [0.4, 0.5) is 5.69 Å². The van der Waals surface area contributed by atoms with Gasteiger partial charge in [-0.2, -0.15) is 4.31 Å². The van der Waals surface area contributed by atoms with Crippen molar-refractivity contribution < 1.29 is 32.2 Å². The molecule has 0 unspecified atom stereocenters. The summed E-state index contributed by atoms with van der Waals surface area (Å²) in [7, 11) is -2.42. The first-order valence-corrected chi connectivity index (χ1v) is 12.4. The Morgan fingerprint density at radius 1 is 0.943 bits per heavy atom. The minimum absolute atomic E-state index is 0.0219. The molecule has 0 spiro atoms. The number of carbonyl (C=O) groups is 1. The second-order valence-corrected chi connectivity index (χ2v) is 9.52.